The molecule has 0 saturated carbocycles. The molecule has 118 valence electrons. The highest BCUT2D eigenvalue weighted by Gasteiger charge is 2.26. The summed E-state index contributed by atoms with van der Waals surface area (Å²) in [5.41, 5.74) is 3.25. The zero-order chi connectivity index (χ0) is 16.6. The fourth-order valence-corrected chi connectivity index (χ4v) is 3.28. The molecule has 1 unspecified atom stereocenters. The van der Waals surface area contributed by atoms with Gasteiger partial charge in [0.15, 0.2) is 0 Å². The van der Waals surface area contributed by atoms with Crippen molar-refractivity contribution in [2.75, 3.05) is 0 Å². The average molecular weight is 348 g/mol. The van der Waals surface area contributed by atoms with Crippen molar-refractivity contribution in [1.29, 1.82) is 0 Å². The van der Waals surface area contributed by atoms with Crippen molar-refractivity contribution in [1.82, 2.24) is 4.98 Å². The van der Waals surface area contributed by atoms with Crippen molar-refractivity contribution >= 4 is 40.1 Å². The van der Waals surface area contributed by atoms with Gasteiger partial charge in [-0.1, -0.05) is 42.3 Å². The van der Waals surface area contributed by atoms with Crippen molar-refractivity contribution in [2.45, 2.75) is 19.3 Å². The molecular formula is C18H15Cl2NO2. The first kappa shape index (κ1) is 15.9. The number of aliphatic carboxylic acids is 1. The quantitative estimate of drug-likeness (QED) is 0.633. The van der Waals surface area contributed by atoms with Gasteiger partial charge in [0, 0.05) is 20.9 Å². The second kappa shape index (κ2) is 6.26. The fourth-order valence-electron chi connectivity index (χ4n) is 2.92. The fraction of sp³-hybridized carbons (Fsp3) is 0.167. The average Bonchev–Trinajstić information content (AvgIpc) is 2.86. The maximum Gasteiger partial charge on any atom is 0.311 e. The van der Waals surface area contributed by atoms with Gasteiger partial charge in [-0.05, 0) is 47.9 Å². The SMILES string of the molecule is CCC(C(=O)O)c1c(-c2cccc(Cl)c2)[nH]c2ccc(Cl)cc12. The van der Waals surface area contributed by atoms with Crippen LogP contribution >= 0.6 is 23.2 Å². The van der Waals surface area contributed by atoms with Gasteiger partial charge in [-0.25, -0.2) is 0 Å². The smallest absolute Gasteiger partial charge is 0.311 e. The van der Waals surface area contributed by atoms with Crippen LogP contribution in [0.1, 0.15) is 24.8 Å². The Kier molecular flexibility index (Phi) is 4.33. The molecule has 0 spiro atoms. The molecule has 23 heavy (non-hydrogen) atoms. The number of H-pyrrole nitrogens is 1. The molecule has 0 aliphatic carbocycles. The van der Waals surface area contributed by atoms with E-state index in [1.807, 2.05) is 37.3 Å². The number of carbonyl (C=O) groups is 1. The van der Waals surface area contributed by atoms with Crippen LogP contribution in [0, 0.1) is 0 Å². The van der Waals surface area contributed by atoms with E-state index in [0.717, 1.165) is 27.7 Å². The molecule has 0 aliphatic rings. The van der Waals surface area contributed by atoms with Crippen LogP contribution in [0.5, 0.6) is 0 Å². The van der Waals surface area contributed by atoms with Crippen LogP contribution in [0.25, 0.3) is 22.2 Å². The molecule has 2 N–H and O–H groups in total. The third-order valence-corrected chi connectivity index (χ3v) is 4.44. The van der Waals surface area contributed by atoms with Crippen LogP contribution in [0.3, 0.4) is 0 Å². The van der Waals surface area contributed by atoms with E-state index in [9.17, 15) is 9.90 Å². The highest BCUT2D eigenvalue weighted by molar-refractivity contribution is 6.31. The first-order valence-electron chi connectivity index (χ1n) is 7.31. The van der Waals surface area contributed by atoms with Crippen LogP contribution in [0.2, 0.25) is 10.0 Å². The summed E-state index contributed by atoms with van der Waals surface area (Å²) < 4.78 is 0. The number of hydrogen-bond donors (Lipinski definition) is 2. The van der Waals surface area contributed by atoms with Crippen molar-refractivity contribution in [2.24, 2.45) is 0 Å². The van der Waals surface area contributed by atoms with Gasteiger partial charge in [0.25, 0.3) is 0 Å². The Labute approximate surface area is 143 Å². The molecule has 0 fully saturated rings. The normalized spacial score (nSPS) is 12.5. The number of rotatable bonds is 4. The third kappa shape index (κ3) is 2.94. The zero-order valence-electron chi connectivity index (χ0n) is 12.4. The lowest BCUT2D eigenvalue weighted by Crippen LogP contribution is -2.11. The molecule has 3 nitrogen and oxygen atoms in total. The van der Waals surface area contributed by atoms with Crippen LogP contribution in [0.15, 0.2) is 42.5 Å². The van der Waals surface area contributed by atoms with Crippen molar-refractivity contribution < 1.29 is 9.90 Å². The Bertz CT molecular complexity index is 886. The van der Waals surface area contributed by atoms with Crippen molar-refractivity contribution in [3.8, 4) is 11.3 Å². The van der Waals surface area contributed by atoms with E-state index in [2.05, 4.69) is 4.98 Å². The van der Waals surface area contributed by atoms with Crippen LogP contribution < -0.4 is 0 Å². The minimum Gasteiger partial charge on any atom is -0.481 e. The molecule has 1 atom stereocenters. The third-order valence-electron chi connectivity index (χ3n) is 3.97. The number of hydrogen-bond acceptors (Lipinski definition) is 1. The maximum atomic E-state index is 11.7. The number of fused-ring (bicyclic) bond motifs is 1. The summed E-state index contributed by atoms with van der Waals surface area (Å²) in [5.74, 6) is -1.46. The van der Waals surface area contributed by atoms with Gasteiger partial charge in [0.2, 0.25) is 0 Å². The molecule has 0 amide bonds. The van der Waals surface area contributed by atoms with E-state index < -0.39 is 11.9 Å². The van der Waals surface area contributed by atoms with Gasteiger partial charge >= 0.3 is 5.97 Å². The highest BCUT2D eigenvalue weighted by Crippen LogP contribution is 2.38. The number of aromatic amines is 1. The maximum absolute atomic E-state index is 11.7. The van der Waals surface area contributed by atoms with Gasteiger partial charge < -0.3 is 10.1 Å². The zero-order valence-corrected chi connectivity index (χ0v) is 13.9. The highest BCUT2D eigenvalue weighted by atomic mass is 35.5. The lowest BCUT2D eigenvalue weighted by Gasteiger charge is -2.12. The Morgan fingerprint density at radius 1 is 1.17 bits per heavy atom. The minimum atomic E-state index is -0.850. The molecule has 0 aliphatic heterocycles. The van der Waals surface area contributed by atoms with E-state index in [4.69, 9.17) is 23.2 Å². The standard InChI is InChI=1S/C18H15Cl2NO2/c1-2-13(18(22)23)16-14-9-12(20)6-7-15(14)21-17(16)10-4-3-5-11(19)8-10/h3-9,13,21H,2H2,1H3,(H,22,23). The topological polar surface area (TPSA) is 53.1 Å². The first-order valence-corrected chi connectivity index (χ1v) is 8.06. The molecular weight excluding hydrogens is 333 g/mol. The largest absolute Gasteiger partial charge is 0.481 e. The molecule has 3 aromatic rings. The number of aromatic nitrogens is 1. The summed E-state index contributed by atoms with van der Waals surface area (Å²) in [4.78, 5) is 15.1. The van der Waals surface area contributed by atoms with Gasteiger partial charge in [-0.3, -0.25) is 4.79 Å². The number of halogens is 2. The predicted molar refractivity (Wildman–Crippen MR) is 94.4 cm³/mol. The summed E-state index contributed by atoms with van der Waals surface area (Å²) in [6.45, 7) is 1.86. The molecule has 1 heterocycles. The van der Waals surface area contributed by atoms with E-state index in [1.165, 1.54) is 0 Å². The molecule has 3 rings (SSSR count). The number of carboxylic acid groups (broad SMARTS) is 1. The first-order chi connectivity index (χ1) is 11.0. The molecule has 0 bridgehead atoms. The summed E-state index contributed by atoms with van der Waals surface area (Å²) in [5, 5.41) is 11.6. The molecule has 5 heteroatoms. The van der Waals surface area contributed by atoms with Gasteiger partial charge in [0.1, 0.15) is 0 Å². The Balaban J connectivity index is 2.34. The number of nitrogens with one attached hydrogen (secondary N) is 1. The van der Waals surface area contributed by atoms with E-state index in [0.29, 0.717) is 16.5 Å². The van der Waals surface area contributed by atoms with Crippen molar-refractivity contribution in [3.05, 3.63) is 58.1 Å². The summed E-state index contributed by atoms with van der Waals surface area (Å²) in [6.07, 6.45) is 0.488. The van der Waals surface area contributed by atoms with E-state index in [-0.39, 0.29) is 0 Å². The summed E-state index contributed by atoms with van der Waals surface area (Å²) >= 11 is 12.2. The summed E-state index contributed by atoms with van der Waals surface area (Å²) in [6, 6.07) is 12.8. The van der Waals surface area contributed by atoms with Gasteiger partial charge in [-0.2, -0.15) is 0 Å². The predicted octanol–water partition coefficient (Wildman–Crippen LogP) is 5.72. The Morgan fingerprint density at radius 2 is 1.91 bits per heavy atom. The minimum absolute atomic E-state index is 0.488. The molecule has 0 radical (unpaired) electrons. The van der Waals surface area contributed by atoms with Crippen LogP contribution in [0.4, 0.5) is 0 Å². The lowest BCUT2D eigenvalue weighted by atomic mass is 9.91. The van der Waals surface area contributed by atoms with Gasteiger partial charge in [-0.15, -0.1) is 0 Å². The monoisotopic (exact) mass is 347 g/mol. The lowest BCUT2D eigenvalue weighted by molar-refractivity contribution is -0.138. The number of carboxylic acids is 1. The van der Waals surface area contributed by atoms with E-state index in [1.54, 1.807) is 12.1 Å². The van der Waals surface area contributed by atoms with Crippen molar-refractivity contribution in [3.63, 3.8) is 0 Å². The molecule has 0 saturated heterocycles. The summed E-state index contributed by atoms with van der Waals surface area (Å²) in [7, 11) is 0. The van der Waals surface area contributed by atoms with Gasteiger partial charge in [0.05, 0.1) is 11.6 Å². The second-order valence-electron chi connectivity index (χ2n) is 5.41. The molecule has 1 aromatic heterocycles. The second-order valence-corrected chi connectivity index (χ2v) is 6.29. The molecule has 2 aromatic carbocycles. The Hall–Kier alpha value is -1.97. The van der Waals surface area contributed by atoms with Crippen LogP contribution in [-0.4, -0.2) is 16.1 Å². The Morgan fingerprint density at radius 3 is 2.57 bits per heavy atom. The van der Waals surface area contributed by atoms with E-state index >= 15 is 0 Å². The number of benzene rings is 2. The van der Waals surface area contributed by atoms with Crippen LogP contribution in [-0.2, 0) is 4.79 Å².